The first-order valence-electron chi connectivity index (χ1n) is 5.80. The molecule has 1 aliphatic carbocycles. The third-order valence-electron chi connectivity index (χ3n) is 2.95. The zero-order chi connectivity index (χ0) is 12.5. The number of sulfonamides is 1. The van der Waals surface area contributed by atoms with Crippen LogP contribution in [0.2, 0.25) is 0 Å². The molecule has 94 valence electrons. The minimum Gasteiger partial charge on any atom is -0.316 e. The van der Waals surface area contributed by atoms with Crippen molar-refractivity contribution in [1.29, 1.82) is 0 Å². The lowest BCUT2D eigenvalue weighted by molar-refractivity contribution is 0.580. The molecule has 0 amide bonds. The number of rotatable bonds is 5. The van der Waals surface area contributed by atoms with Crippen molar-refractivity contribution in [2.24, 2.45) is 0 Å². The standard InChI is InChI=1S/C12H18N2O2S/c1-9-10(8-13-2)4-3-5-12(9)17(15,16)14-11-6-7-11/h3-5,11,13-14H,6-8H2,1-2H3. The van der Waals surface area contributed by atoms with Gasteiger partial charge in [-0.15, -0.1) is 0 Å². The molecular weight excluding hydrogens is 236 g/mol. The third-order valence-corrected chi connectivity index (χ3v) is 4.62. The molecule has 1 aliphatic rings. The second-order valence-corrected chi connectivity index (χ2v) is 6.15. The molecule has 0 saturated heterocycles. The summed E-state index contributed by atoms with van der Waals surface area (Å²) < 4.78 is 27.0. The van der Waals surface area contributed by atoms with E-state index in [-0.39, 0.29) is 6.04 Å². The lowest BCUT2D eigenvalue weighted by atomic mass is 10.1. The van der Waals surface area contributed by atoms with Gasteiger partial charge in [-0.25, -0.2) is 13.1 Å². The molecule has 0 radical (unpaired) electrons. The SMILES string of the molecule is CNCc1cccc(S(=O)(=O)NC2CC2)c1C. The van der Waals surface area contributed by atoms with Gasteiger partial charge in [0.15, 0.2) is 0 Å². The zero-order valence-electron chi connectivity index (χ0n) is 10.2. The van der Waals surface area contributed by atoms with Gasteiger partial charge in [-0.3, -0.25) is 0 Å². The van der Waals surface area contributed by atoms with E-state index in [9.17, 15) is 8.42 Å². The summed E-state index contributed by atoms with van der Waals surface area (Å²) in [4.78, 5) is 0.400. The summed E-state index contributed by atoms with van der Waals surface area (Å²) in [5.41, 5.74) is 1.85. The van der Waals surface area contributed by atoms with Gasteiger partial charge in [0, 0.05) is 12.6 Å². The first-order chi connectivity index (χ1) is 8.04. The van der Waals surface area contributed by atoms with Crippen LogP contribution in [0.1, 0.15) is 24.0 Å². The fraction of sp³-hybridized carbons (Fsp3) is 0.500. The molecule has 0 heterocycles. The minimum atomic E-state index is -3.35. The number of benzene rings is 1. The number of hydrogen-bond acceptors (Lipinski definition) is 3. The summed E-state index contributed by atoms with van der Waals surface area (Å²) in [6.45, 7) is 2.53. The van der Waals surface area contributed by atoms with Crippen LogP contribution >= 0.6 is 0 Å². The quantitative estimate of drug-likeness (QED) is 0.829. The first kappa shape index (κ1) is 12.5. The van der Waals surface area contributed by atoms with E-state index in [0.29, 0.717) is 11.4 Å². The molecule has 17 heavy (non-hydrogen) atoms. The summed E-state index contributed by atoms with van der Waals surface area (Å²) in [6, 6.07) is 5.55. The van der Waals surface area contributed by atoms with Gasteiger partial charge < -0.3 is 5.32 Å². The van der Waals surface area contributed by atoms with E-state index in [0.717, 1.165) is 24.0 Å². The zero-order valence-corrected chi connectivity index (χ0v) is 11.0. The van der Waals surface area contributed by atoms with Crippen LogP contribution < -0.4 is 10.0 Å². The summed E-state index contributed by atoms with van der Waals surface area (Å²) in [5.74, 6) is 0. The molecule has 0 spiro atoms. The van der Waals surface area contributed by atoms with Crippen LogP contribution in [0.5, 0.6) is 0 Å². The van der Waals surface area contributed by atoms with Gasteiger partial charge in [-0.2, -0.15) is 0 Å². The fourth-order valence-electron chi connectivity index (χ4n) is 1.82. The first-order valence-corrected chi connectivity index (χ1v) is 7.28. The summed E-state index contributed by atoms with van der Waals surface area (Å²) in [7, 11) is -1.50. The van der Waals surface area contributed by atoms with Gasteiger partial charge in [0.25, 0.3) is 0 Å². The maximum absolute atomic E-state index is 12.1. The monoisotopic (exact) mass is 254 g/mol. The average Bonchev–Trinajstić information content (AvgIpc) is 3.04. The van der Waals surface area contributed by atoms with E-state index in [4.69, 9.17) is 0 Å². The number of nitrogens with one attached hydrogen (secondary N) is 2. The molecule has 0 aromatic heterocycles. The number of hydrogen-bond donors (Lipinski definition) is 2. The van der Waals surface area contributed by atoms with Gasteiger partial charge in [-0.05, 0) is 44.0 Å². The highest BCUT2D eigenvalue weighted by atomic mass is 32.2. The molecule has 0 atom stereocenters. The Kier molecular flexibility index (Phi) is 3.51. The lowest BCUT2D eigenvalue weighted by Gasteiger charge is -2.12. The van der Waals surface area contributed by atoms with Crippen LogP contribution in [0.15, 0.2) is 23.1 Å². The van der Waals surface area contributed by atoms with Crippen molar-refractivity contribution in [3.8, 4) is 0 Å². The maximum Gasteiger partial charge on any atom is 0.241 e. The smallest absolute Gasteiger partial charge is 0.241 e. The van der Waals surface area contributed by atoms with Gasteiger partial charge in [0.05, 0.1) is 4.90 Å². The Labute approximate surface area is 102 Å². The highest BCUT2D eigenvalue weighted by Crippen LogP contribution is 2.24. The minimum absolute atomic E-state index is 0.146. The maximum atomic E-state index is 12.1. The van der Waals surface area contributed by atoms with Crippen LogP contribution in [0, 0.1) is 6.92 Å². The summed E-state index contributed by atoms with van der Waals surface area (Å²) >= 11 is 0. The Morgan fingerprint density at radius 1 is 1.35 bits per heavy atom. The van der Waals surface area contributed by atoms with E-state index < -0.39 is 10.0 Å². The Bertz CT molecular complexity index is 507. The molecule has 1 aromatic rings. The molecule has 0 unspecified atom stereocenters. The molecular formula is C12H18N2O2S. The van der Waals surface area contributed by atoms with Crippen molar-refractivity contribution in [3.05, 3.63) is 29.3 Å². The van der Waals surface area contributed by atoms with E-state index in [2.05, 4.69) is 10.0 Å². The van der Waals surface area contributed by atoms with Gasteiger partial charge in [-0.1, -0.05) is 12.1 Å². The van der Waals surface area contributed by atoms with Crippen LogP contribution in [-0.2, 0) is 16.6 Å². The fourth-order valence-corrected chi connectivity index (χ4v) is 3.41. The molecule has 4 nitrogen and oxygen atoms in total. The highest BCUT2D eigenvalue weighted by molar-refractivity contribution is 7.89. The van der Waals surface area contributed by atoms with Crippen molar-refractivity contribution in [3.63, 3.8) is 0 Å². The second kappa shape index (κ2) is 4.76. The Balaban J connectivity index is 2.33. The van der Waals surface area contributed by atoms with Gasteiger partial charge in [0.2, 0.25) is 10.0 Å². The molecule has 1 saturated carbocycles. The summed E-state index contributed by atoms with van der Waals surface area (Å²) in [5, 5.41) is 3.04. The Hall–Kier alpha value is -0.910. The highest BCUT2D eigenvalue weighted by Gasteiger charge is 2.28. The second-order valence-electron chi connectivity index (χ2n) is 4.47. The van der Waals surface area contributed by atoms with Crippen LogP contribution in [0.25, 0.3) is 0 Å². The Morgan fingerprint density at radius 3 is 2.65 bits per heavy atom. The molecule has 1 aromatic carbocycles. The van der Waals surface area contributed by atoms with E-state index in [1.54, 1.807) is 12.1 Å². The van der Waals surface area contributed by atoms with E-state index in [1.165, 1.54) is 0 Å². The average molecular weight is 254 g/mol. The van der Waals surface area contributed by atoms with Gasteiger partial charge in [0.1, 0.15) is 0 Å². The normalized spacial score (nSPS) is 16.1. The van der Waals surface area contributed by atoms with Crippen molar-refractivity contribution in [2.75, 3.05) is 7.05 Å². The molecule has 1 fully saturated rings. The predicted molar refractivity (Wildman–Crippen MR) is 67.3 cm³/mol. The van der Waals surface area contributed by atoms with E-state index >= 15 is 0 Å². The van der Waals surface area contributed by atoms with Crippen LogP contribution in [-0.4, -0.2) is 21.5 Å². The summed E-state index contributed by atoms with van der Waals surface area (Å²) in [6.07, 6.45) is 1.91. The molecule has 2 N–H and O–H groups in total. The predicted octanol–water partition coefficient (Wildman–Crippen LogP) is 1.16. The lowest BCUT2D eigenvalue weighted by Crippen LogP contribution is -2.26. The van der Waals surface area contributed by atoms with Crippen LogP contribution in [0.4, 0.5) is 0 Å². The van der Waals surface area contributed by atoms with Crippen molar-refractivity contribution < 1.29 is 8.42 Å². The third kappa shape index (κ3) is 2.86. The molecule has 5 heteroatoms. The van der Waals surface area contributed by atoms with Crippen molar-refractivity contribution >= 4 is 10.0 Å². The van der Waals surface area contributed by atoms with Crippen molar-refractivity contribution in [1.82, 2.24) is 10.0 Å². The topological polar surface area (TPSA) is 58.2 Å². The Morgan fingerprint density at radius 2 is 2.06 bits per heavy atom. The largest absolute Gasteiger partial charge is 0.316 e. The van der Waals surface area contributed by atoms with Crippen molar-refractivity contribution in [2.45, 2.75) is 37.2 Å². The van der Waals surface area contributed by atoms with Gasteiger partial charge >= 0.3 is 0 Å². The molecule has 0 aliphatic heterocycles. The molecule has 2 rings (SSSR count). The van der Waals surface area contributed by atoms with E-state index in [1.807, 2.05) is 20.0 Å². The van der Waals surface area contributed by atoms with Crippen LogP contribution in [0.3, 0.4) is 0 Å². The molecule has 0 bridgehead atoms.